The second-order valence-electron chi connectivity index (χ2n) is 6.41. The molecule has 1 spiro atoms. The van der Waals surface area contributed by atoms with Crippen molar-refractivity contribution in [2.75, 3.05) is 33.4 Å². The second-order valence-corrected chi connectivity index (χ2v) is 6.41. The van der Waals surface area contributed by atoms with Gasteiger partial charge in [0.2, 0.25) is 0 Å². The topological polar surface area (TPSA) is 51.9 Å². The summed E-state index contributed by atoms with van der Waals surface area (Å²) in [6.45, 7) is 5.00. The van der Waals surface area contributed by atoms with E-state index in [0.29, 0.717) is 11.7 Å². The molecule has 2 aliphatic rings. The van der Waals surface area contributed by atoms with Gasteiger partial charge in [0.05, 0.1) is 11.9 Å². The van der Waals surface area contributed by atoms with Crippen LogP contribution in [0.15, 0.2) is 16.7 Å². The Bertz CT molecular complexity index is 516. The Hall–Kier alpha value is -1.33. The predicted octanol–water partition coefficient (Wildman–Crippen LogP) is 2.64. The van der Waals surface area contributed by atoms with E-state index in [4.69, 9.17) is 13.9 Å². The number of carbonyl (C=O) groups is 1. The molecule has 5 nitrogen and oxygen atoms in total. The second kappa shape index (κ2) is 6.42. The standard InChI is InChI=1S/C17H25NO4/c1-13-3-11-21-15(13)16(19)18-8-6-17(7-9-18)14(4-10-20-2)5-12-22-17/h3,11,14H,4-10,12H2,1-2H3/t14-/m0/s1. The maximum atomic E-state index is 12.5. The largest absolute Gasteiger partial charge is 0.459 e. The van der Waals surface area contributed by atoms with E-state index in [1.807, 2.05) is 17.9 Å². The lowest BCUT2D eigenvalue weighted by Gasteiger charge is -2.42. The Kier molecular flexibility index (Phi) is 4.54. The van der Waals surface area contributed by atoms with Gasteiger partial charge in [0.25, 0.3) is 5.91 Å². The number of ether oxygens (including phenoxy) is 2. The molecule has 22 heavy (non-hydrogen) atoms. The van der Waals surface area contributed by atoms with Gasteiger partial charge < -0.3 is 18.8 Å². The molecule has 2 saturated heterocycles. The quantitative estimate of drug-likeness (QED) is 0.858. The molecule has 0 radical (unpaired) electrons. The summed E-state index contributed by atoms with van der Waals surface area (Å²) in [7, 11) is 1.75. The number of piperidine rings is 1. The van der Waals surface area contributed by atoms with Crippen molar-refractivity contribution in [1.29, 1.82) is 0 Å². The van der Waals surface area contributed by atoms with Crippen LogP contribution in [0.3, 0.4) is 0 Å². The Morgan fingerprint density at radius 3 is 2.86 bits per heavy atom. The number of methoxy groups -OCH3 is 1. The average Bonchev–Trinajstić information content (AvgIpc) is 3.12. The molecule has 1 aromatic rings. The van der Waals surface area contributed by atoms with Gasteiger partial charge in [0.1, 0.15) is 0 Å². The van der Waals surface area contributed by atoms with Gasteiger partial charge in [-0.2, -0.15) is 0 Å². The van der Waals surface area contributed by atoms with Gasteiger partial charge >= 0.3 is 0 Å². The molecule has 1 amide bonds. The van der Waals surface area contributed by atoms with Gasteiger partial charge in [-0.05, 0) is 44.6 Å². The summed E-state index contributed by atoms with van der Waals surface area (Å²) in [5.41, 5.74) is 0.855. The number of hydrogen-bond acceptors (Lipinski definition) is 4. The lowest BCUT2D eigenvalue weighted by molar-refractivity contribution is -0.0664. The van der Waals surface area contributed by atoms with Crippen molar-refractivity contribution in [2.45, 2.75) is 38.2 Å². The molecule has 1 aromatic heterocycles. The zero-order chi connectivity index (χ0) is 15.6. The van der Waals surface area contributed by atoms with E-state index in [-0.39, 0.29) is 11.5 Å². The molecule has 1 atom stereocenters. The maximum absolute atomic E-state index is 12.5. The molecule has 0 unspecified atom stereocenters. The fourth-order valence-electron chi connectivity index (χ4n) is 3.83. The molecule has 2 aliphatic heterocycles. The summed E-state index contributed by atoms with van der Waals surface area (Å²) < 4.78 is 16.7. The number of carbonyl (C=O) groups excluding carboxylic acids is 1. The molecule has 0 N–H and O–H groups in total. The van der Waals surface area contributed by atoms with Crippen LogP contribution in [0.5, 0.6) is 0 Å². The molecular weight excluding hydrogens is 282 g/mol. The normalized spacial score (nSPS) is 24.1. The van der Waals surface area contributed by atoms with Crippen LogP contribution in [0.2, 0.25) is 0 Å². The van der Waals surface area contributed by atoms with E-state index in [0.717, 1.165) is 57.6 Å². The average molecular weight is 307 g/mol. The SMILES string of the molecule is COCC[C@H]1CCOC12CCN(C(=O)c1occc1C)CC2. The van der Waals surface area contributed by atoms with Crippen molar-refractivity contribution in [3.05, 3.63) is 23.7 Å². The van der Waals surface area contributed by atoms with E-state index in [1.54, 1.807) is 13.4 Å². The minimum absolute atomic E-state index is 0.00351. The summed E-state index contributed by atoms with van der Waals surface area (Å²) in [6, 6.07) is 1.83. The summed E-state index contributed by atoms with van der Waals surface area (Å²) in [5, 5.41) is 0. The Morgan fingerprint density at radius 1 is 1.45 bits per heavy atom. The van der Waals surface area contributed by atoms with Gasteiger partial charge in [-0.1, -0.05) is 0 Å². The van der Waals surface area contributed by atoms with E-state index >= 15 is 0 Å². The molecular formula is C17H25NO4. The highest BCUT2D eigenvalue weighted by Crippen LogP contribution is 2.42. The highest BCUT2D eigenvalue weighted by atomic mass is 16.5. The van der Waals surface area contributed by atoms with Crippen molar-refractivity contribution in [2.24, 2.45) is 5.92 Å². The van der Waals surface area contributed by atoms with Crippen LogP contribution in [0.1, 0.15) is 41.8 Å². The lowest BCUT2D eigenvalue weighted by Crippen LogP contribution is -2.49. The smallest absolute Gasteiger partial charge is 0.289 e. The minimum atomic E-state index is -0.0481. The molecule has 5 heteroatoms. The van der Waals surface area contributed by atoms with E-state index in [9.17, 15) is 4.79 Å². The first-order chi connectivity index (χ1) is 10.7. The van der Waals surface area contributed by atoms with Crippen LogP contribution < -0.4 is 0 Å². The van der Waals surface area contributed by atoms with Gasteiger partial charge in [0, 0.05) is 39.0 Å². The first-order valence-corrected chi connectivity index (χ1v) is 8.12. The fraction of sp³-hybridized carbons (Fsp3) is 0.706. The third-order valence-corrected chi connectivity index (χ3v) is 5.22. The lowest BCUT2D eigenvalue weighted by atomic mass is 9.78. The number of aryl methyl sites for hydroxylation is 1. The van der Waals surface area contributed by atoms with E-state index in [1.165, 1.54) is 0 Å². The zero-order valence-electron chi connectivity index (χ0n) is 13.5. The van der Waals surface area contributed by atoms with E-state index in [2.05, 4.69) is 0 Å². The van der Waals surface area contributed by atoms with Crippen LogP contribution in [0.4, 0.5) is 0 Å². The number of amides is 1. The number of rotatable bonds is 4. The molecule has 0 bridgehead atoms. The van der Waals surface area contributed by atoms with Crippen LogP contribution in [0, 0.1) is 12.8 Å². The number of hydrogen-bond donors (Lipinski definition) is 0. The highest BCUT2D eigenvalue weighted by Gasteiger charge is 2.46. The summed E-state index contributed by atoms with van der Waals surface area (Å²) >= 11 is 0. The fourth-order valence-corrected chi connectivity index (χ4v) is 3.83. The highest BCUT2D eigenvalue weighted by molar-refractivity contribution is 5.92. The molecule has 0 aliphatic carbocycles. The van der Waals surface area contributed by atoms with Gasteiger partial charge in [-0.3, -0.25) is 4.79 Å². The molecule has 2 fully saturated rings. The molecule has 122 valence electrons. The molecule has 0 saturated carbocycles. The first kappa shape index (κ1) is 15.6. The summed E-state index contributed by atoms with van der Waals surface area (Å²) in [6.07, 6.45) is 5.55. The van der Waals surface area contributed by atoms with Crippen LogP contribution >= 0.6 is 0 Å². The van der Waals surface area contributed by atoms with Crippen molar-refractivity contribution in [3.63, 3.8) is 0 Å². The van der Waals surface area contributed by atoms with Gasteiger partial charge in [-0.15, -0.1) is 0 Å². The number of likely N-dealkylation sites (tertiary alicyclic amines) is 1. The van der Waals surface area contributed by atoms with Crippen LogP contribution in [-0.4, -0.2) is 49.8 Å². The first-order valence-electron chi connectivity index (χ1n) is 8.12. The van der Waals surface area contributed by atoms with Gasteiger partial charge in [-0.25, -0.2) is 0 Å². The van der Waals surface area contributed by atoms with E-state index < -0.39 is 0 Å². The number of furan rings is 1. The number of nitrogens with zero attached hydrogens (tertiary/aromatic N) is 1. The van der Waals surface area contributed by atoms with Crippen molar-refractivity contribution < 1.29 is 18.7 Å². The van der Waals surface area contributed by atoms with Crippen LogP contribution in [0.25, 0.3) is 0 Å². The van der Waals surface area contributed by atoms with Crippen molar-refractivity contribution in [3.8, 4) is 0 Å². The molecule has 0 aromatic carbocycles. The predicted molar refractivity (Wildman–Crippen MR) is 81.9 cm³/mol. The monoisotopic (exact) mass is 307 g/mol. The Morgan fingerprint density at radius 2 is 2.23 bits per heavy atom. The minimum Gasteiger partial charge on any atom is -0.459 e. The Labute approximate surface area is 131 Å². The van der Waals surface area contributed by atoms with Crippen molar-refractivity contribution >= 4 is 5.91 Å². The third-order valence-electron chi connectivity index (χ3n) is 5.22. The molecule has 3 heterocycles. The third kappa shape index (κ3) is 2.79. The zero-order valence-corrected chi connectivity index (χ0v) is 13.5. The van der Waals surface area contributed by atoms with Crippen LogP contribution in [-0.2, 0) is 9.47 Å². The Balaban J connectivity index is 1.62. The maximum Gasteiger partial charge on any atom is 0.289 e. The van der Waals surface area contributed by atoms with Crippen molar-refractivity contribution in [1.82, 2.24) is 4.90 Å². The molecule has 3 rings (SSSR count). The summed E-state index contributed by atoms with van der Waals surface area (Å²) in [4.78, 5) is 14.4. The summed E-state index contributed by atoms with van der Waals surface area (Å²) in [5.74, 6) is 1.03. The van der Waals surface area contributed by atoms with Gasteiger partial charge in [0.15, 0.2) is 5.76 Å².